The van der Waals surface area contributed by atoms with Gasteiger partial charge in [-0.2, -0.15) is 0 Å². The highest BCUT2D eigenvalue weighted by molar-refractivity contribution is 7.10. The van der Waals surface area contributed by atoms with Crippen molar-refractivity contribution in [2.45, 2.75) is 6.04 Å². The van der Waals surface area contributed by atoms with Gasteiger partial charge in [-0.1, -0.05) is 36.4 Å². The van der Waals surface area contributed by atoms with Gasteiger partial charge >= 0.3 is 5.91 Å². The topological polar surface area (TPSA) is 83.4 Å². The van der Waals surface area contributed by atoms with Crippen molar-refractivity contribution in [1.82, 2.24) is 16.2 Å². The summed E-state index contributed by atoms with van der Waals surface area (Å²) in [5, 5.41) is 5.22. The molecule has 3 aromatic rings. The largest absolute Gasteiger partial charge is 0.459 e. The Kier molecular flexibility index (Phi) is 5.61. The SMILES string of the molecule is O=C(CN[C@H](c1ccccc1)c1cccs1)NNC(=O)c1ccco1. The van der Waals surface area contributed by atoms with Gasteiger partial charge in [0.1, 0.15) is 0 Å². The van der Waals surface area contributed by atoms with Gasteiger partial charge in [0.15, 0.2) is 5.76 Å². The van der Waals surface area contributed by atoms with Gasteiger partial charge in [-0.3, -0.25) is 25.8 Å². The second-order valence-electron chi connectivity index (χ2n) is 5.22. The van der Waals surface area contributed by atoms with E-state index >= 15 is 0 Å². The van der Waals surface area contributed by atoms with Crippen LogP contribution in [0.1, 0.15) is 27.0 Å². The summed E-state index contributed by atoms with van der Waals surface area (Å²) in [4.78, 5) is 24.8. The Labute approximate surface area is 148 Å². The van der Waals surface area contributed by atoms with Crippen LogP contribution in [0.25, 0.3) is 0 Å². The molecule has 0 aliphatic carbocycles. The number of thiophene rings is 1. The second-order valence-corrected chi connectivity index (χ2v) is 6.20. The van der Waals surface area contributed by atoms with Crippen LogP contribution >= 0.6 is 11.3 Å². The van der Waals surface area contributed by atoms with E-state index in [0.29, 0.717) is 0 Å². The summed E-state index contributed by atoms with van der Waals surface area (Å²) >= 11 is 1.62. The predicted octanol–water partition coefficient (Wildman–Crippen LogP) is 2.48. The molecule has 0 saturated heterocycles. The van der Waals surface area contributed by atoms with Crippen LogP contribution in [0.5, 0.6) is 0 Å². The Morgan fingerprint density at radius 1 is 1.00 bits per heavy atom. The molecule has 0 aliphatic rings. The maximum atomic E-state index is 12.0. The number of hydrogen-bond donors (Lipinski definition) is 3. The first-order valence-corrected chi connectivity index (χ1v) is 8.56. The Hall–Kier alpha value is -2.90. The first-order valence-electron chi connectivity index (χ1n) is 7.68. The molecule has 128 valence electrons. The first-order chi connectivity index (χ1) is 12.2. The van der Waals surface area contributed by atoms with E-state index in [2.05, 4.69) is 16.2 Å². The zero-order valence-corrected chi connectivity index (χ0v) is 14.1. The van der Waals surface area contributed by atoms with Gasteiger partial charge in [-0.05, 0) is 29.1 Å². The molecule has 3 rings (SSSR count). The molecule has 2 heterocycles. The van der Waals surface area contributed by atoms with E-state index in [1.807, 2.05) is 47.8 Å². The zero-order chi connectivity index (χ0) is 17.5. The van der Waals surface area contributed by atoms with Crippen molar-refractivity contribution in [2.75, 3.05) is 6.54 Å². The fourth-order valence-electron chi connectivity index (χ4n) is 2.32. The van der Waals surface area contributed by atoms with E-state index < -0.39 is 5.91 Å². The number of nitrogens with one attached hydrogen (secondary N) is 3. The van der Waals surface area contributed by atoms with Crippen molar-refractivity contribution < 1.29 is 14.0 Å². The Morgan fingerprint density at radius 2 is 1.84 bits per heavy atom. The Bertz CT molecular complexity index is 801. The number of furan rings is 1. The van der Waals surface area contributed by atoms with Crippen LogP contribution in [-0.2, 0) is 4.79 Å². The van der Waals surface area contributed by atoms with E-state index in [4.69, 9.17) is 4.42 Å². The molecule has 2 aromatic heterocycles. The standard InChI is InChI=1S/C18H17N3O3S/c22-16(20-21-18(23)14-8-4-10-24-14)12-19-17(15-9-5-11-25-15)13-6-2-1-3-7-13/h1-11,17,19H,12H2,(H,20,22)(H,21,23)/t17-/m1/s1. The van der Waals surface area contributed by atoms with Crippen molar-refractivity contribution >= 4 is 23.2 Å². The van der Waals surface area contributed by atoms with Crippen LogP contribution < -0.4 is 16.2 Å². The molecule has 1 atom stereocenters. The van der Waals surface area contributed by atoms with E-state index in [0.717, 1.165) is 10.4 Å². The van der Waals surface area contributed by atoms with Crippen LogP contribution in [-0.4, -0.2) is 18.4 Å². The fraction of sp³-hybridized carbons (Fsp3) is 0.111. The molecular weight excluding hydrogens is 338 g/mol. The Morgan fingerprint density at radius 3 is 2.52 bits per heavy atom. The average Bonchev–Trinajstić information content (AvgIpc) is 3.34. The molecule has 0 bridgehead atoms. The quantitative estimate of drug-likeness (QED) is 0.593. The molecule has 0 unspecified atom stereocenters. The molecule has 2 amide bonds. The van der Waals surface area contributed by atoms with Crippen LogP contribution in [0.15, 0.2) is 70.7 Å². The summed E-state index contributed by atoms with van der Waals surface area (Å²) in [5.74, 6) is -0.720. The van der Waals surface area contributed by atoms with Gasteiger partial charge in [-0.25, -0.2) is 0 Å². The van der Waals surface area contributed by atoms with Gasteiger partial charge in [0, 0.05) is 4.88 Å². The summed E-state index contributed by atoms with van der Waals surface area (Å²) < 4.78 is 4.95. The highest BCUT2D eigenvalue weighted by Crippen LogP contribution is 2.25. The highest BCUT2D eigenvalue weighted by Gasteiger charge is 2.16. The molecule has 0 spiro atoms. The molecule has 7 heteroatoms. The first kappa shape index (κ1) is 16.9. The fourth-order valence-corrected chi connectivity index (χ4v) is 3.15. The van der Waals surface area contributed by atoms with Gasteiger partial charge in [0.2, 0.25) is 0 Å². The molecule has 0 aliphatic heterocycles. The van der Waals surface area contributed by atoms with E-state index in [9.17, 15) is 9.59 Å². The van der Waals surface area contributed by atoms with E-state index in [-0.39, 0.29) is 24.3 Å². The van der Waals surface area contributed by atoms with Gasteiger partial charge < -0.3 is 4.42 Å². The molecule has 3 N–H and O–H groups in total. The number of carbonyl (C=O) groups excluding carboxylic acids is 2. The lowest BCUT2D eigenvalue weighted by Gasteiger charge is -2.18. The number of hydrogen-bond acceptors (Lipinski definition) is 5. The van der Waals surface area contributed by atoms with E-state index in [1.165, 1.54) is 12.3 Å². The molecule has 1 aromatic carbocycles. The summed E-state index contributed by atoms with van der Waals surface area (Å²) in [6, 6.07) is 16.9. The smallest absolute Gasteiger partial charge is 0.305 e. The minimum Gasteiger partial charge on any atom is -0.459 e. The molecule has 25 heavy (non-hydrogen) atoms. The van der Waals surface area contributed by atoms with Crippen molar-refractivity contribution in [1.29, 1.82) is 0 Å². The van der Waals surface area contributed by atoms with Gasteiger partial charge in [-0.15, -0.1) is 11.3 Å². The second kappa shape index (κ2) is 8.27. The van der Waals surface area contributed by atoms with Crippen LogP contribution in [0.3, 0.4) is 0 Å². The summed E-state index contributed by atoms with van der Waals surface area (Å²) in [6.07, 6.45) is 1.39. The van der Waals surface area contributed by atoms with Crippen molar-refractivity contribution in [3.63, 3.8) is 0 Å². The highest BCUT2D eigenvalue weighted by atomic mass is 32.1. The number of benzene rings is 1. The minimum absolute atomic E-state index is 0.0515. The number of rotatable bonds is 6. The normalized spacial score (nSPS) is 11.7. The third kappa shape index (κ3) is 4.56. The van der Waals surface area contributed by atoms with Crippen molar-refractivity contribution in [2.24, 2.45) is 0 Å². The van der Waals surface area contributed by atoms with Crippen molar-refractivity contribution in [3.8, 4) is 0 Å². The number of carbonyl (C=O) groups is 2. The van der Waals surface area contributed by atoms with Crippen LogP contribution in [0.2, 0.25) is 0 Å². The van der Waals surface area contributed by atoms with Crippen LogP contribution in [0, 0.1) is 0 Å². The van der Waals surface area contributed by atoms with Gasteiger partial charge in [0.05, 0.1) is 18.8 Å². The Balaban J connectivity index is 1.56. The molecular formula is C18H17N3O3S. The predicted molar refractivity (Wildman–Crippen MR) is 94.9 cm³/mol. The number of hydrazine groups is 1. The maximum Gasteiger partial charge on any atom is 0.305 e. The molecule has 0 radical (unpaired) electrons. The van der Waals surface area contributed by atoms with E-state index in [1.54, 1.807) is 17.4 Å². The molecule has 0 fully saturated rings. The monoisotopic (exact) mass is 355 g/mol. The lowest BCUT2D eigenvalue weighted by Crippen LogP contribution is -2.45. The third-order valence-electron chi connectivity index (χ3n) is 3.49. The third-order valence-corrected chi connectivity index (χ3v) is 4.42. The van der Waals surface area contributed by atoms with Crippen molar-refractivity contribution in [3.05, 3.63) is 82.4 Å². The summed E-state index contributed by atoms with van der Waals surface area (Å²) in [7, 11) is 0. The lowest BCUT2D eigenvalue weighted by molar-refractivity contribution is -0.121. The maximum absolute atomic E-state index is 12.0. The summed E-state index contributed by atoms with van der Waals surface area (Å²) in [6.45, 7) is 0.0515. The van der Waals surface area contributed by atoms with Crippen LogP contribution in [0.4, 0.5) is 0 Å². The lowest BCUT2D eigenvalue weighted by atomic mass is 10.1. The van der Waals surface area contributed by atoms with Gasteiger partial charge in [0.25, 0.3) is 5.91 Å². The number of amides is 2. The minimum atomic E-state index is -0.504. The summed E-state index contributed by atoms with van der Waals surface area (Å²) in [5.41, 5.74) is 5.75. The molecule has 0 saturated carbocycles. The molecule has 6 nitrogen and oxygen atoms in total. The average molecular weight is 355 g/mol. The zero-order valence-electron chi connectivity index (χ0n) is 13.3.